The first-order valence-corrected chi connectivity index (χ1v) is 4.72. The third-order valence-electron chi connectivity index (χ3n) is 2.67. The predicted octanol–water partition coefficient (Wildman–Crippen LogP) is 0.00342. The van der Waals surface area contributed by atoms with Gasteiger partial charge in [0.25, 0.3) is 5.56 Å². The summed E-state index contributed by atoms with van der Waals surface area (Å²) in [7, 11) is 0. The van der Waals surface area contributed by atoms with Crippen LogP contribution in [0.5, 0.6) is 0 Å². The summed E-state index contributed by atoms with van der Waals surface area (Å²) in [5.41, 5.74) is 1.11. The van der Waals surface area contributed by atoms with Crippen LogP contribution >= 0.6 is 0 Å². The lowest BCUT2D eigenvalue weighted by Gasteiger charge is -2.05. The van der Waals surface area contributed by atoms with E-state index >= 15 is 0 Å². The molecule has 0 saturated heterocycles. The second-order valence-electron chi connectivity index (χ2n) is 3.51. The Morgan fingerprint density at radius 3 is 2.81 bits per heavy atom. The number of H-pyrrole nitrogens is 1. The summed E-state index contributed by atoms with van der Waals surface area (Å²) < 4.78 is 1.30. The molecule has 82 valence electrons. The molecule has 16 heavy (non-hydrogen) atoms. The summed E-state index contributed by atoms with van der Waals surface area (Å²) in [5.74, 6) is 0.464. The molecule has 2 heterocycles. The smallest absolute Gasteiger partial charge is 0.263 e. The molecule has 2 aromatic heterocycles. The van der Waals surface area contributed by atoms with E-state index < -0.39 is 0 Å². The summed E-state index contributed by atoms with van der Waals surface area (Å²) in [6, 6.07) is 2.01. The Balaban J connectivity index is 3.10. The molecule has 0 aliphatic carbocycles. The number of pyridine rings is 1. The number of nitrogens with zero attached hydrogens (tertiary/aromatic N) is 3. The number of fused-ring (bicyclic) bond motifs is 1. The minimum absolute atomic E-state index is 0.235. The van der Waals surface area contributed by atoms with Crippen molar-refractivity contribution < 1.29 is 5.11 Å². The second-order valence-corrected chi connectivity index (χ2v) is 3.51. The molecular weight excluding hydrogens is 208 g/mol. The molecule has 0 unspecified atom stereocenters. The van der Waals surface area contributed by atoms with Gasteiger partial charge in [-0.25, -0.2) is 4.40 Å². The maximum Gasteiger partial charge on any atom is 0.263 e. The van der Waals surface area contributed by atoms with Crippen LogP contribution in [0.25, 0.3) is 5.65 Å². The number of hydrogen-bond donors (Lipinski definition) is 2. The zero-order chi connectivity index (χ0) is 11.9. The Labute approximate surface area is 90.8 Å². The Hall–Kier alpha value is -2.13. The molecule has 0 radical (unpaired) electrons. The van der Waals surface area contributed by atoms with E-state index in [1.807, 2.05) is 6.07 Å². The average molecular weight is 218 g/mol. The Kier molecular flexibility index (Phi) is 2.25. The maximum absolute atomic E-state index is 12.0. The quantitative estimate of drug-likeness (QED) is 0.704. The van der Waals surface area contributed by atoms with E-state index in [1.54, 1.807) is 13.8 Å². The van der Waals surface area contributed by atoms with Crippen molar-refractivity contribution in [3.63, 3.8) is 0 Å². The summed E-state index contributed by atoms with van der Waals surface area (Å²) in [6.45, 7) is 2.91. The number of aromatic amines is 1. The van der Waals surface area contributed by atoms with Crippen molar-refractivity contribution in [2.45, 2.75) is 20.5 Å². The lowest BCUT2D eigenvalue weighted by atomic mass is 10.1. The molecule has 0 bridgehead atoms. The summed E-state index contributed by atoms with van der Waals surface area (Å²) in [4.78, 5) is 12.0. The fraction of sp³-hybridized carbons (Fsp3) is 0.300. The molecule has 0 aliphatic rings. The SMILES string of the molecule is Cc1c(CO)c(=O)n2c(C)n[nH]c2c1C#N. The standard InChI is InChI=1S/C10H10N4O2/c1-5-7(3-11)9-13-12-6(2)14(9)10(16)8(5)4-15/h13,15H,4H2,1-2H3. The van der Waals surface area contributed by atoms with E-state index in [0.29, 0.717) is 22.6 Å². The van der Waals surface area contributed by atoms with Crippen molar-refractivity contribution in [3.8, 4) is 6.07 Å². The maximum atomic E-state index is 12.0. The van der Waals surface area contributed by atoms with Crippen LogP contribution in [-0.4, -0.2) is 19.7 Å². The molecular formula is C10H10N4O2. The minimum atomic E-state index is -0.382. The van der Waals surface area contributed by atoms with Gasteiger partial charge >= 0.3 is 0 Å². The highest BCUT2D eigenvalue weighted by molar-refractivity contribution is 5.60. The molecule has 6 heteroatoms. The zero-order valence-corrected chi connectivity index (χ0v) is 8.90. The third kappa shape index (κ3) is 1.15. The molecule has 6 nitrogen and oxygen atoms in total. The van der Waals surface area contributed by atoms with E-state index in [-0.39, 0.29) is 17.7 Å². The van der Waals surface area contributed by atoms with Gasteiger partial charge < -0.3 is 5.11 Å². The average Bonchev–Trinajstić information content (AvgIpc) is 2.62. The highest BCUT2D eigenvalue weighted by Crippen LogP contribution is 2.14. The van der Waals surface area contributed by atoms with Crippen LogP contribution < -0.4 is 5.56 Å². The number of aromatic nitrogens is 3. The van der Waals surface area contributed by atoms with Gasteiger partial charge in [-0.3, -0.25) is 9.89 Å². The number of aliphatic hydroxyl groups excluding tert-OH is 1. The van der Waals surface area contributed by atoms with Gasteiger partial charge in [-0.15, -0.1) is 0 Å². The van der Waals surface area contributed by atoms with E-state index in [4.69, 9.17) is 10.4 Å². The first kappa shape index (κ1) is 10.4. The number of aryl methyl sites for hydroxylation is 1. The van der Waals surface area contributed by atoms with Crippen molar-refractivity contribution in [1.82, 2.24) is 14.6 Å². The molecule has 2 rings (SSSR count). The predicted molar refractivity (Wildman–Crippen MR) is 55.9 cm³/mol. The van der Waals surface area contributed by atoms with E-state index in [1.165, 1.54) is 4.40 Å². The van der Waals surface area contributed by atoms with Crippen LogP contribution in [0.1, 0.15) is 22.5 Å². The molecule has 0 spiro atoms. The van der Waals surface area contributed by atoms with Gasteiger partial charge in [-0.1, -0.05) is 0 Å². The van der Waals surface area contributed by atoms with E-state index in [2.05, 4.69) is 10.2 Å². The van der Waals surface area contributed by atoms with Crippen LogP contribution in [0.4, 0.5) is 0 Å². The first-order valence-electron chi connectivity index (χ1n) is 4.72. The van der Waals surface area contributed by atoms with Gasteiger partial charge in [0.05, 0.1) is 12.2 Å². The molecule has 0 saturated carbocycles. The van der Waals surface area contributed by atoms with Crippen LogP contribution in [-0.2, 0) is 6.61 Å². The van der Waals surface area contributed by atoms with Crippen LogP contribution in [0.15, 0.2) is 4.79 Å². The van der Waals surface area contributed by atoms with Gasteiger partial charge in [0.15, 0.2) is 5.65 Å². The minimum Gasteiger partial charge on any atom is -0.391 e. The second kappa shape index (κ2) is 3.47. The van der Waals surface area contributed by atoms with Crippen molar-refractivity contribution in [2.24, 2.45) is 0 Å². The summed E-state index contributed by atoms with van der Waals surface area (Å²) >= 11 is 0. The monoisotopic (exact) mass is 218 g/mol. The molecule has 0 atom stereocenters. The molecule has 0 aromatic carbocycles. The highest BCUT2D eigenvalue weighted by Gasteiger charge is 2.16. The molecule has 0 fully saturated rings. The van der Waals surface area contributed by atoms with Crippen LogP contribution in [0.2, 0.25) is 0 Å². The van der Waals surface area contributed by atoms with Crippen molar-refractivity contribution in [1.29, 1.82) is 5.26 Å². The number of hydrogen-bond acceptors (Lipinski definition) is 4. The van der Waals surface area contributed by atoms with Gasteiger partial charge in [0.1, 0.15) is 11.9 Å². The van der Waals surface area contributed by atoms with Crippen molar-refractivity contribution in [3.05, 3.63) is 32.9 Å². The topological polar surface area (TPSA) is 94.2 Å². The lowest BCUT2D eigenvalue weighted by Crippen LogP contribution is -2.21. The molecule has 0 aliphatic heterocycles. The number of rotatable bonds is 1. The van der Waals surface area contributed by atoms with Crippen LogP contribution in [0.3, 0.4) is 0 Å². The molecule has 0 amide bonds. The largest absolute Gasteiger partial charge is 0.391 e. The summed E-state index contributed by atoms with van der Waals surface area (Å²) in [5, 5.41) is 24.7. The number of nitrogens with one attached hydrogen (secondary N) is 1. The van der Waals surface area contributed by atoms with Gasteiger partial charge in [0.2, 0.25) is 0 Å². The lowest BCUT2D eigenvalue weighted by molar-refractivity contribution is 0.279. The Morgan fingerprint density at radius 1 is 1.56 bits per heavy atom. The van der Waals surface area contributed by atoms with Crippen LogP contribution in [0, 0.1) is 25.2 Å². The molecule has 2 aromatic rings. The number of aliphatic hydroxyl groups is 1. The Bertz CT molecular complexity index is 660. The normalized spacial score (nSPS) is 10.6. The van der Waals surface area contributed by atoms with Crippen molar-refractivity contribution in [2.75, 3.05) is 0 Å². The van der Waals surface area contributed by atoms with Gasteiger partial charge in [-0.2, -0.15) is 10.4 Å². The van der Waals surface area contributed by atoms with Crippen molar-refractivity contribution >= 4 is 5.65 Å². The van der Waals surface area contributed by atoms with E-state index in [9.17, 15) is 4.79 Å². The highest BCUT2D eigenvalue weighted by atomic mass is 16.3. The number of nitriles is 1. The fourth-order valence-electron chi connectivity index (χ4n) is 1.76. The van der Waals surface area contributed by atoms with Gasteiger partial charge in [-0.05, 0) is 19.4 Å². The Morgan fingerprint density at radius 2 is 2.25 bits per heavy atom. The molecule has 2 N–H and O–H groups in total. The fourth-order valence-corrected chi connectivity index (χ4v) is 1.76. The third-order valence-corrected chi connectivity index (χ3v) is 2.67. The van der Waals surface area contributed by atoms with E-state index in [0.717, 1.165) is 0 Å². The first-order chi connectivity index (χ1) is 7.61. The zero-order valence-electron chi connectivity index (χ0n) is 8.90. The summed E-state index contributed by atoms with van der Waals surface area (Å²) in [6.07, 6.45) is 0. The van der Waals surface area contributed by atoms with Gasteiger partial charge in [0, 0.05) is 5.56 Å².